The van der Waals surface area contributed by atoms with Crippen LogP contribution in [-0.4, -0.2) is 6.36 Å². The summed E-state index contributed by atoms with van der Waals surface area (Å²) in [6, 6.07) is 5.51. The second-order valence-electron chi connectivity index (χ2n) is 2.58. The summed E-state index contributed by atoms with van der Waals surface area (Å²) >= 11 is 5.47. The largest absolute Gasteiger partial charge is 0.573 e. The molecule has 2 nitrogen and oxygen atoms in total. The normalized spacial score (nSPS) is 10.9. The highest BCUT2D eigenvalue weighted by atomic mass is 35.5. The third-order valence-electron chi connectivity index (χ3n) is 1.59. The van der Waals surface area contributed by atoms with Crippen molar-refractivity contribution in [3.8, 4) is 11.8 Å². The van der Waals surface area contributed by atoms with Gasteiger partial charge in [0.25, 0.3) is 0 Å². The van der Waals surface area contributed by atoms with Gasteiger partial charge in [0.2, 0.25) is 0 Å². The number of nitriles is 1. The van der Waals surface area contributed by atoms with Gasteiger partial charge in [-0.1, -0.05) is 12.1 Å². The number of hydrogen-bond acceptors (Lipinski definition) is 2. The Hall–Kier alpha value is -1.41. The first-order valence-corrected chi connectivity index (χ1v) is 4.35. The van der Waals surface area contributed by atoms with Gasteiger partial charge in [0, 0.05) is 5.88 Å². The highest BCUT2D eigenvalue weighted by Crippen LogP contribution is 2.28. The molecule has 0 unspecified atom stereocenters. The average Bonchev–Trinajstić information content (AvgIpc) is 2.15. The lowest BCUT2D eigenvalue weighted by molar-refractivity contribution is -0.274. The fraction of sp³-hybridized carbons (Fsp3) is 0.222. The lowest BCUT2D eigenvalue weighted by Gasteiger charge is -2.11. The Morgan fingerprint density at radius 3 is 2.53 bits per heavy atom. The monoisotopic (exact) mass is 235 g/mol. The predicted octanol–water partition coefficient (Wildman–Crippen LogP) is 3.20. The molecule has 0 bridgehead atoms. The van der Waals surface area contributed by atoms with Crippen molar-refractivity contribution in [2.24, 2.45) is 0 Å². The summed E-state index contributed by atoms with van der Waals surface area (Å²) in [7, 11) is 0. The molecule has 0 saturated carbocycles. The van der Waals surface area contributed by atoms with Crippen LogP contribution in [0.3, 0.4) is 0 Å². The van der Waals surface area contributed by atoms with Gasteiger partial charge in [-0.2, -0.15) is 5.26 Å². The van der Waals surface area contributed by atoms with Crippen LogP contribution in [0.5, 0.6) is 5.75 Å². The van der Waals surface area contributed by atoms with Crippen molar-refractivity contribution in [3.05, 3.63) is 29.3 Å². The van der Waals surface area contributed by atoms with Gasteiger partial charge < -0.3 is 4.74 Å². The molecule has 1 aromatic rings. The van der Waals surface area contributed by atoms with Gasteiger partial charge in [0.1, 0.15) is 11.8 Å². The fourth-order valence-corrected chi connectivity index (χ4v) is 1.25. The molecule has 0 radical (unpaired) electrons. The van der Waals surface area contributed by atoms with E-state index < -0.39 is 12.1 Å². The van der Waals surface area contributed by atoms with Gasteiger partial charge in [-0.3, -0.25) is 0 Å². The van der Waals surface area contributed by atoms with Crippen molar-refractivity contribution < 1.29 is 17.9 Å². The highest BCUT2D eigenvalue weighted by molar-refractivity contribution is 6.17. The zero-order valence-corrected chi connectivity index (χ0v) is 8.06. The lowest BCUT2D eigenvalue weighted by Crippen LogP contribution is -2.18. The topological polar surface area (TPSA) is 33.0 Å². The standard InChI is InChI=1S/C9H5ClF3NO/c10-4-6-2-1-3-8(7(6)5-14)15-9(11,12)13/h1-3H,4H2. The van der Waals surface area contributed by atoms with Crippen LogP contribution in [0.2, 0.25) is 0 Å². The maximum atomic E-state index is 11.9. The van der Waals surface area contributed by atoms with Gasteiger partial charge in [0.05, 0.1) is 5.56 Å². The molecular formula is C9H5ClF3NO. The van der Waals surface area contributed by atoms with E-state index >= 15 is 0 Å². The Balaban J connectivity index is 3.14. The fourth-order valence-electron chi connectivity index (χ4n) is 1.02. The van der Waals surface area contributed by atoms with Crippen LogP contribution < -0.4 is 4.74 Å². The minimum absolute atomic E-state index is 0.0437. The first-order valence-electron chi connectivity index (χ1n) is 3.81. The van der Waals surface area contributed by atoms with Crippen LogP contribution in [0.4, 0.5) is 13.2 Å². The highest BCUT2D eigenvalue weighted by Gasteiger charge is 2.32. The van der Waals surface area contributed by atoms with E-state index in [-0.39, 0.29) is 11.4 Å². The van der Waals surface area contributed by atoms with Crippen LogP contribution in [-0.2, 0) is 5.88 Å². The first-order chi connectivity index (χ1) is 6.98. The summed E-state index contributed by atoms with van der Waals surface area (Å²) < 4.78 is 39.5. The number of hydrogen-bond donors (Lipinski definition) is 0. The van der Waals surface area contributed by atoms with Gasteiger partial charge >= 0.3 is 6.36 Å². The maximum absolute atomic E-state index is 11.9. The summed E-state index contributed by atoms with van der Waals surface area (Å²) in [6.45, 7) is 0. The first kappa shape index (κ1) is 11.7. The van der Waals surface area contributed by atoms with E-state index in [0.717, 1.165) is 6.07 Å². The number of benzene rings is 1. The maximum Gasteiger partial charge on any atom is 0.573 e. The SMILES string of the molecule is N#Cc1c(CCl)cccc1OC(F)(F)F. The molecule has 15 heavy (non-hydrogen) atoms. The van der Waals surface area contributed by atoms with Crippen molar-refractivity contribution >= 4 is 11.6 Å². The molecule has 0 aliphatic carbocycles. The van der Waals surface area contributed by atoms with Crippen LogP contribution in [0.15, 0.2) is 18.2 Å². The molecule has 0 N–H and O–H groups in total. The van der Waals surface area contributed by atoms with E-state index in [1.54, 1.807) is 6.07 Å². The van der Waals surface area contributed by atoms with E-state index in [0.29, 0.717) is 5.56 Å². The van der Waals surface area contributed by atoms with Crippen molar-refractivity contribution in [1.82, 2.24) is 0 Å². The molecule has 6 heteroatoms. The molecule has 0 aromatic heterocycles. The van der Waals surface area contributed by atoms with E-state index in [1.165, 1.54) is 12.1 Å². The van der Waals surface area contributed by atoms with Crippen LogP contribution in [0.25, 0.3) is 0 Å². The summed E-state index contributed by atoms with van der Waals surface area (Å²) in [5.74, 6) is -0.569. The van der Waals surface area contributed by atoms with Gasteiger partial charge in [-0.15, -0.1) is 24.8 Å². The minimum Gasteiger partial charge on any atom is -0.404 e. The van der Waals surface area contributed by atoms with Crippen LogP contribution in [0.1, 0.15) is 11.1 Å². The third-order valence-corrected chi connectivity index (χ3v) is 1.88. The Labute approximate surface area is 88.8 Å². The molecule has 80 valence electrons. The smallest absolute Gasteiger partial charge is 0.404 e. The second-order valence-corrected chi connectivity index (χ2v) is 2.85. The Bertz CT molecular complexity index is 397. The summed E-state index contributed by atoms with van der Waals surface area (Å²) in [5, 5.41) is 8.67. The summed E-state index contributed by atoms with van der Waals surface area (Å²) in [6.07, 6.45) is -4.81. The number of halogens is 4. The van der Waals surface area contributed by atoms with E-state index in [1.807, 2.05) is 0 Å². The number of rotatable bonds is 2. The molecule has 0 amide bonds. The number of nitrogens with zero attached hydrogens (tertiary/aromatic N) is 1. The Kier molecular flexibility index (Phi) is 3.43. The van der Waals surface area contributed by atoms with E-state index in [4.69, 9.17) is 16.9 Å². The van der Waals surface area contributed by atoms with Crippen molar-refractivity contribution in [1.29, 1.82) is 5.26 Å². The van der Waals surface area contributed by atoms with Gasteiger partial charge in [-0.05, 0) is 11.6 Å². The second kappa shape index (κ2) is 4.41. The molecule has 0 aliphatic rings. The minimum atomic E-state index is -4.81. The molecule has 0 spiro atoms. The number of alkyl halides is 4. The molecule has 0 aliphatic heterocycles. The van der Waals surface area contributed by atoms with Gasteiger partial charge in [-0.25, -0.2) is 0 Å². The summed E-state index contributed by atoms with van der Waals surface area (Å²) in [4.78, 5) is 0. The third kappa shape index (κ3) is 3.03. The quantitative estimate of drug-likeness (QED) is 0.738. The van der Waals surface area contributed by atoms with E-state index in [2.05, 4.69) is 4.74 Å². The van der Waals surface area contributed by atoms with E-state index in [9.17, 15) is 13.2 Å². The summed E-state index contributed by atoms with van der Waals surface area (Å²) in [5.41, 5.74) is 0.116. The zero-order chi connectivity index (χ0) is 11.5. The molecular weight excluding hydrogens is 231 g/mol. The Morgan fingerprint density at radius 1 is 1.40 bits per heavy atom. The van der Waals surface area contributed by atoms with Crippen molar-refractivity contribution in [2.45, 2.75) is 12.2 Å². The van der Waals surface area contributed by atoms with Crippen LogP contribution in [0, 0.1) is 11.3 Å². The Morgan fingerprint density at radius 2 is 2.07 bits per heavy atom. The lowest BCUT2D eigenvalue weighted by atomic mass is 10.1. The van der Waals surface area contributed by atoms with Crippen molar-refractivity contribution in [2.75, 3.05) is 0 Å². The molecule has 0 atom stereocenters. The van der Waals surface area contributed by atoms with Crippen molar-refractivity contribution in [3.63, 3.8) is 0 Å². The van der Waals surface area contributed by atoms with Crippen LogP contribution >= 0.6 is 11.6 Å². The molecule has 0 heterocycles. The molecule has 1 rings (SSSR count). The molecule has 0 fully saturated rings. The van der Waals surface area contributed by atoms with Gasteiger partial charge in [0.15, 0.2) is 0 Å². The average molecular weight is 236 g/mol. The number of ether oxygens (including phenoxy) is 1. The predicted molar refractivity (Wildman–Crippen MR) is 47.4 cm³/mol. The molecule has 1 aromatic carbocycles. The molecule has 0 saturated heterocycles. The zero-order valence-electron chi connectivity index (χ0n) is 7.31.